The molecule has 2 heterocycles. The van der Waals surface area contributed by atoms with Crippen LogP contribution >= 0.6 is 11.3 Å². The number of para-hydroxylation sites is 1. The van der Waals surface area contributed by atoms with Crippen LogP contribution in [-0.2, 0) is 5.54 Å². The van der Waals surface area contributed by atoms with Gasteiger partial charge in [-0.05, 0) is 44.5 Å². The molecule has 0 aliphatic rings. The Balaban J connectivity index is 1.89. The van der Waals surface area contributed by atoms with E-state index in [1.54, 1.807) is 11.3 Å². The Bertz CT molecular complexity index is 958. The number of fused-ring (bicyclic) bond motifs is 1. The zero-order chi connectivity index (χ0) is 16.7. The molecule has 2 aromatic carbocycles. The van der Waals surface area contributed by atoms with Gasteiger partial charge in [0.2, 0.25) is 0 Å². The summed E-state index contributed by atoms with van der Waals surface area (Å²) in [5.41, 5.74) is 4.17. The molecule has 3 nitrogen and oxygen atoms in total. The fourth-order valence-corrected chi connectivity index (χ4v) is 3.71. The Morgan fingerprint density at radius 2 is 1.62 bits per heavy atom. The van der Waals surface area contributed by atoms with Gasteiger partial charge in [-0.15, -0.1) is 11.3 Å². The van der Waals surface area contributed by atoms with Crippen LogP contribution in [0.3, 0.4) is 0 Å². The molecule has 0 aliphatic carbocycles. The van der Waals surface area contributed by atoms with Crippen molar-refractivity contribution in [3.8, 4) is 22.0 Å². The summed E-state index contributed by atoms with van der Waals surface area (Å²) in [5.74, 6) is 0. The number of hydrogen-bond donors (Lipinski definition) is 0. The molecule has 0 saturated carbocycles. The lowest BCUT2D eigenvalue weighted by atomic mass is 10.1. The van der Waals surface area contributed by atoms with E-state index in [1.807, 2.05) is 24.3 Å². The molecule has 0 spiro atoms. The van der Waals surface area contributed by atoms with Crippen molar-refractivity contribution in [3.63, 3.8) is 0 Å². The Morgan fingerprint density at radius 1 is 0.917 bits per heavy atom. The fourth-order valence-electron chi connectivity index (χ4n) is 2.79. The van der Waals surface area contributed by atoms with Crippen molar-refractivity contribution >= 4 is 21.6 Å². The van der Waals surface area contributed by atoms with Gasteiger partial charge in [0.15, 0.2) is 0 Å². The molecule has 0 radical (unpaired) electrons. The number of nitrogens with zero attached hydrogens (tertiary/aromatic N) is 3. The van der Waals surface area contributed by atoms with Crippen LogP contribution in [-0.4, -0.2) is 14.8 Å². The Labute approximate surface area is 145 Å². The van der Waals surface area contributed by atoms with E-state index in [0.29, 0.717) is 0 Å². The molecule has 0 atom stereocenters. The normalized spacial score (nSPS) is 12.0. The minimum Gasteiger partial charge on any atom is -0.259 e. The predicted octanol–water partition coefficient (Wildman–Crippen LogP) is 5.58. The summed E-state index contributed by atoms with van der Waals surface area (Å²) in [6, 6.07) is 20.8. The van der Waals surface area contributed by atoms with E-state index in [0.717, 1.165) is 21.9 Å². The molecule has 0 amide bonds. The lowest BCUT2D eigenvalue weighted by molar-refractivity contribution is 0.361. The fraction of sp³-hybridized carbons (Fsp3) is 0.200. The van der Waals surface area contributed by atoms with E-state index in [9.17, 15) is 0 Å². The maximum absolute atomic E-state index is 4.89. The van der Waals surface area contributed by atoms with Crippen molar-refractivity contribution in [1.29, 1.82) is 0 Å². The van der Waals surface area contributed by atoms with Gasteiger partial charge >= 0.3 is 0 Å². The molecule has 0 N–H and O–H groups in total. The highest BCUT2D eigenvalue weighted by atomic mass is 32.1. The topological polar surface area (TPSA) is 30.7 Å². The number of thiazole rings is 1. The quantitative estimate of drug-likeness (QED) is 0.479. The highest BCUT2D eigenvalue weighted by Gasteiger charge is 2.22. The predicted molar refractivity (Wildman–Crippen MR) is 101 cm³/mol. The van der Waals surface area contributed by atoms with Crippen molar-refractivity contribution in [1.82, 2.24) is 14.8 Å². The van der Waals surface area contributed by atoms with Gasteiger partial charge in [-0.25, -0.2) is 4.98 Å². The second-order valence-electron chi connectivity index (χ2n) is 6.85. The van der Waals surface area contributed by atoms with Crippen LogP contribution in [0.15, 0.2) is 60.7 Å². The lowest BCUT2D eigenvalue weighted by Crippen LogP contribution is -2.24. The van der Waals surface area contributed by atoms with E-state index in [4.69, 9.17) is 10.1 Å². The lowest BCUT2D eigenvalue weighted by Gasteiger charge is -2.22. The first-order chi connectivity index (χ1) is 11.5. The summed E-state index contributed by atoms with van der Waals surface area (Å²) >= 11 is 1.69. The van der Waals surface area contributed by atoms with Crippen molar-refractivity contribution in [2.24, 2.45) is 0 Å². The maximum atomic E-state index is 4.89. The van der Waals surface area contributed by atoms with E-state index in [-0.39, 0.29) is 5.54 Å². The van der Waals surface area contributed by atoms with Crippen LogP contribution < -0.4 is 0 Å². The second kappa shape index (κ2) is 5.56. The number of hydrogen-bond acceptors (Lipinski definition) is 3. The SMILES string of the molecule is CC(C)(C)n1nc(-c2nc3ccccc3s2)cc1-c1ccccc1. The molecule has 4 rings (SSSR count). The number of aromatic nitrogens is 3. The first kappa shape index (κ1) is 15.1. The molecule has 4 aromatic rings. The van der Waals surface area contributed by atoms with Crippen LogP contribution in [0.2, 0.25) is 0 Å². The average Bonchev–Trinajstić information content (AvgIpc) is 3.19. The second-order valence-corrected chi connectivity index (χ2v) is 7.88. The third-order valence-corrected chi connectivity index (χ3v) is 4.99. The Hall–Kier alpha value is -2.46. The monoisotopic (exact) mass is 333 g/mol. The molecule has 0 bridgehead atoms. The molecular formula is C20H19N3S. The summed E-state index contributed by atoms with van der Waals surface area (Å²) < 4.78 is 3.29. The summed E-state index contributed by atoms with van der Waals surface area (Å²) in [7, 11) is 0. The average molecular weight is 333 g/mol. The third kappa shape index (κ3) is 2.63. The summed E-state index contributed by atoms with van der Waals surface area (Å²) in [5, 5.41) is 5.86. The third-order valence-electron chi connectivity index (χ3n) is 3.93. The van der Waals surface area contributed by atoms with Crippen molar-refractivity contribution < 1.29 is 0 Å². The van der Waals surface area contributed by atoms with Crippen LogP contribution in [0.25, 0.3) is 32.2 Å². The van der Waals surface area contributed by atoms with Crippen LogP contribution in [0.1, 0.15) is 20.8 Å². The van der Waals surface area contributed by atoms with Crippen LogP contribution in [0, 0.1) is 0 Å². The summed E-state index contributed by atoms with van der Waals surface area (Å²) in [6.07, 6.45) is 0. The maximum Gasteiger partial charge on any atom is 0.145 e. The molecular weight excluding hydrogens is 314 g/mol. The highest BCUT2D eigenvalue weighted by Crippen LogP contribution is 2.34. The van der Waals surface area contributed by atoms with Gasteiger partial charge in [-0.2, -0.15) is 5.10 Å². The minimum atomic E-state index is -0.0971. The summed E-state index contributed by atoms with van der Waals surface area (Å²) in [4.78, 5) is 4.76. The van der Waals surface area contributed by atoms with E-state index in [1.165, 1.54) is 10.3 Å². The standard InChI is InChI=1S/C20H19N3S/c1-20(2,3)23-17(14-9-5-4-6-10-14)13-16(22-23)19-21-15-11-7-8-12-18(15)24-19/h4-13H,1-3H3. The number of benzene rings is 2. The first-order valence-corrected chi connectivity index (χ1v) is 8.86. The van der Waals surface area contributed by atoms with Crippen LogP contribution in [0.4, 0.5) is 0 Å². The molecule has 4 heteroatoms. The largest absolute Gasteiger partial charge is 0.259 e. The zero-order valence-electron chi connectivity index (χ0n) is 14.0. The molecule has 120 valence electrons. The minimum absolute atomic E-state index is 0.0971. The van der Waals surface area contributed by atoms with E-state index in [2.05, 4.69) is 61.9 Å². The summed E-state index contributed by atoms with van der Waals surface area (Å²) in [6.45, 7) is 6.53. The molecule has 2 aromatic heterocycles. The van der Waals surface area contributed by atoms with Crippen molar-refractivity contribution in [3.05, 3.63) is 60.7 Å². The molecule has 0 saturated heterocycles. The Kier molecular flexibility index (Phi) is 3.50. The smallest absolute Gasteiger partial charge is 0.145 e. The van der Waals surface area contributed by atoms with Gasteiger partial charge in [-0.3, -0.25) is 4.68 Å². The zero-order valence-corrected chi connectivity index (χ0v) is 14.8. The Morgan fingerprint density at radius 3 is 2.33 bits per heavy atom. The van der Waals surface area contributed by atoms with Crippen LogP contribution in [0.5, 0.6) is 0 Å². The first-order valence-electron chi connectivity index (χ1n) is 8.04. The van der Waals surface area contributed by atoms with Gasteiger partial charge in [-0.1, -0.05) is 42.5 Å². The molecule has 0 aliphatic heterocycles. The molecule has 24 heavy (non-hydrogen) atoms. The molecule has 0 unspecified atom stereocenters. The van der Waals surface area contributed by atoms with Crippen molar-refractivity contribution in [2.75, 3.05) is 0 Å². The number of rotatable bonds is 2. The van der Waals surface area contributed by atoms with Gasteiger partial charge in [0.25, 0.3) is 0 Å². The van der Waals surface area contributed by atoms with E-state index >= 15 is 0 Å². The van der Waals surface area contributed by atoms with Gasteiger partial charge in [0, 0.05) is 0 Å². The van der Waals surface area contributed by atoms with Crippen molar-refractivity contribution in [2.45, 2.75) is 26.3 Å². The van der Waals surface area contributed by atoms with E-state index < -0.39 is 0 Å². The molecule has 0 fully saturated rings. The van der Waals surface area contributed by atoms with Gasteiger partial charge < -0.3 is 0 Å². The highest BCUT2D eigenvalue weighted by molar-refractivity contribution is 7.21. The van der Waals surface area contributed by atoms with Gasteiger partial charge in [0.05, 0.1) is 21.4 Å². The van der Waals surface area contributed by atoms with Gasteiger partial charge in [0.1, 0.15) is 10.7 Å².